The van der Waals surface area contributed by atoms with Gasteiger partial charge >= 0.3 is 0 Å². The van der Waals surface area contributed by atoms with Crippen LogP contribution in [-0.2, 0) is 0 Å². The molecule has 1 N–H and O–H groups in total. The summed E-state index contributed by atoms with van der Waals surface area (Å²) in [6.45, 7) is 4.95. The lowest BCUT2D eigenvalue weighted by molar-refractivity contribution is 0.298. The first-order chi connectivity index (χ1) is 3.33. The lowest BCUT2D eigenvalue weighted by atomic mass is 9.98. The summed E-state index contributed by atoms with van der Waals surface area (Å²) in [6, 6.07) is 0. The van der Waals surface area contributed by atoms with Crippen LogP contribution in [0.3, 0.4) is 0 Å². The van der Waals surface area contributed by atoms with Crippen LogP contribution in [0.25, 0.3) is 0 Å². The molecule has 40 valence electrons. The van der Waals surface area contributed by atoms with E-state index in [9.17, 15) is 0 Å². The first-order valence-corrected chi connectivity index (χ1v) is 3.04. The fourth-order valence-electron chi connectivity index (χ4n) is 1.49. The standard InChI is InChI=1S/C6H11N/c1-5-2-6(5)3-7-4-6/h5,7H,2-4H2,1H3/t5-/m1/s1. The highest BCUT2D eigenvalue weighted by atomic mass is 15.0. The maximum Gasteiger partial charge on any atom is 0.00229 e. The average molecular weight is 97.2 g/mol. The quantitative estimate of drug-likeness (QED) is 0.467. The van der Waals surface area contributed by atoms with Gasteiger partial charge in [-0.25, -0.2) is 0 Å². The third kappa shape index (κ3) is 0.325. The van der Waals surface area contributed by atoms with Gasteiger partial charge in [0.1, 0.15) is 0 Å². The molecule has 2 rings (SSSR count). The molecule has 0 unspecified atom stereocenters. The highest BCUT2D eigenvalue weighted by Crippen LogP contribution is 2.54. The van der Waals surface area contributed by atoms with Crippen LogP contribution in [0.4, 0.5) is 0 Å². The molecule has 2 fully saturated rings. The molecular weight excluding hydrogens is 86.1 g/mol. The van der Waals surface area contributed by atoms with Gasteiger partial charge in [0, 0.05) is 13.1 Å². The van der Waals surface area contributed by atoms with Gasteiger partial charge in [-0.3, -0.25) is 0 Å². The molecule has 0 bridgehead atoms. The average Bonchev–Trinajstić information content (AvgIpc) is 2.10. The number of rotatable bonds is 0. The zero-order valence-corrected chi connectivity index (χ0v) is 4.70. The van der Waals surface area contributed by atoms with Gasteiger partial charge in [-0.05, 0) is 17.8 Å². The minimum Gasteiger partial charge on any atom is -0.316 e. The Morgan fingerprint density at radius 2 is 2.14 bits per heavy atom. The summed E-state index contributed by atoms with van der Waals surface area (Å²) in [7, 11) is 0. The topological polar surface area (TPSA) is 12.0 Å². The van der Waals surface area contributed by atoms with Gasteiger partial charge in [-0.1, -0.05) is 6.92 Å². The minimum absolute atomic E-state index is 0.819. The van der Waals surface area contributed by atoms with Gasteiger partial charge in [0.2, 0.25) is 0 Å². The molecule has 1 saturated heterocycles. The third-order valence-electron chi connectivity index (χ3n) is 2.55. The Morgan fingerprint density at radius 1 is 1.57 bits per heavy atom. The van der Waals surface area contributed by atoms with E-state index in [1.54, 1.807) is 0 Å². The van der Waals surface area contributed by atoms with Crippen molar-refractivity contribution in [1.29, 1.82) is 0 Å². The van der Waals surface area contributed by atoms with Crippen LogP contribution >= 0.6 is 0 Å². The Kier molecular flexibility index (Phi) is 0.487. The molecule has 0 aromatic rings. The predicted molar refractivity (Wildman–Crippen MR) is 29.1 cm³/mol. The van der Waals surface area contributed by atoms with Crippen LogP contribution in [0.1, 0.15) is 13.3 Å². The Balaban J connectivity index is 2.05. The highest BCUT2D eigenvalue weighted by molar-refractivity contribution is 5.08. The smallest absolute Gasteiger partial charge is 0.00229 e. The normalized spacial score (nSPS) is 43.3. The van der Waals surface area contributed by atoms with Crippen LogP contribution in [0, 0.1) is 11.3 Å². The van der Waals surface area contributed by atoms with E-state index in [0.29, 0.717) is 0 Å². The lowest BCUT2D eigenvalue weighted by Gasteiger charge is -2.27. The van der Waals surface area contributed by atoms with E-state index >= 15 is 0 Å². The van der Waals surface area contributed by atoms with E-state index in [-0.39, 0.29) is 0 Å². The molecule has 0 aromatic heterocycles. The van der Waals surface area contributed by atoms with Crippen molar-refractivity contribution in [2.75, 3.05) is 13.1 Å². The van der Waals surface area contributed by atoms with Crippen molar-refractivity contribution in [3.63, 3.8) is 0 Å². The molecule has 0 aromatic carbocycles. The number of hydrogen-bond donors (Lipinski definition) is 1. The van der Waals surface area contributed by atoms with Gasteiger partial charge < -0.3 is 5.32 Å². The van der Waals surface area contributed by atoms with Gasteiger partial charge in [-0.15, -0.1) is 0 Å². The molecule has 2 aliphatic rings. The molecule has 1 nitrogen and oxygen atoms in total. The monoisotopic (exact) mass is 97.1 g/mol. The van der Waals surface area contributed by atoms with Crippen LogP contribution < -0.4 is 5.32 Å². The van der Waals surface area contributed by atoms with E-state index in [1.807, 2.05) is 0 Å². The largest absolute Gasteiger partial charge is 0.316 e. The van der Waals surface area contributed by atoms with Crippen molar-refractivity contribution in [2.24, 2.45) is 11.3 Å². The first-order valence-electron chi connectivity index (χ1n) is 3.04. The van der Waals surface area contributed by atoms with E-state index < -0.39 is 0 Å². The second kappa shape index (κ2) is 0.873. The molecule has 1 heteroatoms. The van der Waals surface area contributed by atoms with Crippen molar-refractivity contribution in [3.8, 4) is 0 Å². The van der Waals surface area contributed by atoms with Gasteiger partial charge in [-0.2, -0.15) is 0 Å². The van der Waals surface area contributed by atoms with E-state index in [0.717, 1.165) is 11.3 Å². The van der Waals surface area contributed by atoms with E-state index in [4.69, 9.17) is 0 Å². The molecule has 1 heterocycles. The predicted octanol–water partition coefficient (Wildman–Crippen LogP) is 0.616. The summed E-state index contributed by atoms with van der Waals surface area (Å²) in [5.41, 5.74) is 0.819. The molecule has 1 saturated carbocycles. The summed E-state index contributed by atoms with van der Waals surface area (Å²) < 4.78 is 0. The summed E-state index contributed by atoms with van der Waals surface area (Å²) >= 11 is 0. The molecule has 7 heavy (non-hydrogen) atoms. The maximum atomic E-state index is 3.29. The SMILES string of the molecule is C[C@@H]1CC12CNC2. The van der Waals surface area contributed by atoms with Gasteiger partial charge in [0.15, 0.2) is 0 Å². The molecule has 0 radical (unpaired) electrons. The molecule has 1 spiro atoms. The van der Waals surface area contributed by atoms with Crippen molar-refractivity contribution in [1.82, 2.24) is 5.32 Å². The summed E-state index contributed by atoms with van der Waals surface area (Å²) in [6.07, 6.45) is 1.49. The second-order valence-corrected chi connectivity index (χ2v) is 3.07. The van der Waals surface area contributed by atoms with E-state index in [2.05, 4.69) is 12.2 Å². The van der Waals surface area contributed by atoms with Crippen molar-refractivity contribution in [2.45, 2.75) is 13.3 Å². The van der Waals surface area contributed by atoms with E-state index in [1.165, 1.54) is 19.5 Å². The molecule has 0 amide bonds. The van der Waals surface area contributed by atoms with Crippen LogP contribution in [0.5, 0.6) is 0 Å². The van der Waals surface area contributed by atoms with Crippen molar-refractivity contribution in [3.05, 3.63) is 0 Å². The van der Waals surface area contributed by atoms with Crippen molar-refractivity contribution < 1.29 is 0 Å². The number of hydrogen-bond acceptors (Lipinski definition) is 1. The van der Waals surface area contributed by atoms with Crippen molar-refractivity contribution >= 4 is 0 Å². The zero-order chi connectivity index (χ0) is 4.91. The van der Waals surface area contributed by atoms with Crippen LogP contribution in [0.2, 0.25) is 0 Å². The minimum atomic E-state index is 0.819. The van der Waals surface area contributed by atoms with Gasteiger partial charge in [0.05, 0.1) is 0 Å². The fourth-order valence-corrected chi connectivity index (χ4v) is 1.49. The Labute approximate surface area is 44.1 Å². The summed E-state index contributed by atoms with van der Waals surface area (Å²) in [5, 5.41) is 3.29. The van der Waals surface area contributed by atoms with Gasteiger partial charge in [0.25, 0.3) is 0 Å². The second-order valence-electron chi connectivity index (χ2n) is 3.07. The first kappa shape index (κ1) is 3.90. The Bertz CT molecular complexity index is 88.8. The molecule has 1 aliphatic carbocycles. The van der Waals surface area contributed by atoms with Crippen LogP contribution in [-0.4, -0.2) is 13.1 Å². The van der Waals surface area contributed by atoms with Crippen LogP contribution in [0.15, 0.2) is 0 Å². The fraction of sp³-hybridized carbons (Fsp3) is 1.00. The molecule has 1 aliphatic heterocycles. The Hall–Kier alpha value is -0.0400. The maximum absolute atomic E-state index is 3.29. The summed E-state index contributed by atoms with van der Waals surface area (Å²) in [5.74, 6) is 1.04. The zero-order valence-electron chi connectivity index (χ0n) is 4.70. The third-order valence-corrected chi connectivity index (χ3v) is 2.55. The molecular formula is C6H11N. The Morgan fingerprint density at radius 3 is 2.14 bits per heavy atom. The highest BCUT2D eigenvalue weighted by Gasteiger charge is 2.54. The lowest BCUT2D eigenvalue weighted by Crippen LogP contribution is -2.44. The summed E-state index contributed by atoms with van der Waals surface area (Å²) in [4.78, 5) is 0. The number of nitrogens with one attached hydrogen (secondary N) is 1. The molecule has 1 atom stereocenters.